The van der Waals surface area contributed by atoms with Crippen molar-refractivity contribution in [2.45, 2.75) is 154 Å². The molecule has 2 N–H and O–H groups in total. The summed E-state index contributed by atoms with van der Waals surface area (Å²) < 4.78 is 4.63. The predicted octanol–water partition coefficient (Wildman–Crippen LogP) is 6.33. The van der Waals surface area contributed by atoms with Crippen LogP contribution >= 0.6 is 0 Å². The summed E-state index contributed by atoms with van der Waals surface area (Å²) in [6.45, 7) is 0.482. The maximum Gasteiger partial charge on any atom is 0.508 e. The van der Waals surface area contributed by atoms with Gasteiger partial charge in [0.05, 0.1) is 0 Å². The Morgan fingerprint density at radius 3 is 1.13 bits per heavy atom. The molecule has 4 rings (SSSR count). The highest BCUT2D eigenvalue weighted by Crippen LogP contribution is 2.29. The van der Waals surface area contributed by atoms with Gasteiger partial charge in [-0.05, 0) is 38.5 Å². The SMILES string of the molecule is N#[N+]c1c(O)n(CCCCCCCCCCCCn2c(O)c([N+]#N)c(=O)n(C3CCCCC3)c2=O)c(=O)n(C2CCCCC2)c1=O. The average Bonchev–Trinajstić information content (AvgIpc) is 3.05. The number of diazo groups is 2. The molecule has 0 bridgehead atoms. The lowest BCUT2D eigenvalue weighted by Crippen LogP contribution is -2.42. The summed E-state index contributed by atoms with van der Waals surface area (Å²) in [5, 5.41) is 39.6. The summed E-state index contributed by atoms with van der Waals surface area (Å²) in [5.74, 6) is -1.17. The second-order valence-corrected chi connectivity index (χ2v) is 12.9. The number of nitrogens with zero attached hydrogens (tertiary/aromatic N) is 8. The molecule has 14 nitrogen and oxygen atoms in total. The number of aromatic hydroxyl groups is 2. The molecule has 0 unspecified atom stereocenters. The van der Waals surface area contributed by atoms with Gasteiger partial charge in [0.1, 0.15) is 0 Å². The highest BCUT2D eigenvalue weighted by atomic mass is 16.3. The maximum absolute atomic E-state index is 13.1. The first-order valence-electron chi connectivity index (χ1n) is 17.2. The number of rotatable bonds is 15. The predicted molar refractivity (Wildman–Crippen MR) is 173 cm³/mol. The maximum atomic E-state index is 13.1. The minimum atomic E-state index is -0.743. The molecule has 0 aliphatic heterocycles. The van der Waals surface area contributed by atoms with Crippen LogP contribution in [0.4, 0.5) is 11.4 Å². The molecule has 2 aromatic rings. The third-order valence-corrected chi connectivity index (χ3v) is 9.74. The first kappa shape index (κ1) is 34.7. The van der Waals surface area contributed by atoms with Gasteiger partial charge in [0.25, 0.3) is 0 Å². The number of hydrogen-bond donors (Lipinski definition) is 2. The van der Waals surface area contributed by atoms with Crippen LogP contribution in [0.3, 0.4) is 0 Å². The second kappa shape index (κ2) is 16.9. The zero-order valence-electron chi connectivity index (χ0n) is 26.8. The standard InChI is InChI=1S/C32H46N8O6/c33-35-25-27(41)37(31(45)39(29(25)43)23-17-11-9-12-18-23)21-15-7-5-3-1-2-4-6-8-16-22-38-28(42)26(36-34)30(44)40(32(38)46)24-19-13-10-14-20-24/h23-24H,1-22H2/p+2. The van der Waals surface area contributed by atoms with E-state index in [-0.39, 0.29) is 25.2 Å². The van der Waals surface area contributed by atoms with Crippen molar-refractivity contribution in [3.63, 3.8) is 0 Å². The van der Waals surface area contributed by atoms with Crippen LogP contribution in [0.25, 0.3) is 9.95 Å². The largest absolute Gasteiger partial charge is 0.508 e. The van der Waals surface area contributed by atoms with Gasteiger partial charge in [-0.1, -0.05) is 89.9 Å². The smallest absolute Gasteiger partial charge is 0.488 e. The lowest BCUT2D eigenvalue weighted by molar-refractivity contribution is 0.315. The molecular weight excluding hydrogens is 592 g/mol. The first-order valence-corrected chi connectivity index (χ1v) is 17.2. The van der Waals surface area contributed by atoms with Crippen molar-refractivity contribution in [2.24, 2.45) is 0 Å². The van der Waals surface area contributed by atoms with Gasteiger partial charge < -0.3 is 10.2 Å². The Morgan fingerprint density at radius 2 is 0.826 bits per heavy atom. The van der Waals surface area contributed by atoms with E-state index in [0.29, 0.717) is 38.5 Å². The Kier molecular flexibility index (Phi) is 12.8. The number of hydrogen-bond acceptors (Lipinski definition) is 8. The van der Waals surface area contributed by atoms with Crippen LogP contribution in [0.1, 0.15) is 141 Å². The van der Waals surface area contributed by atoms with E-state index in [1.807, 2.05) is 0 Å². The second-order valence-electron chi connectivity index (χ2n) is 12.9. The van der Waals surface area contributed by atoms with Gasteiger partial charge in [-0.25, -0.2) is 18.7 Å². The van der Waals surface area contributed by atoms with E-state index >= 15 is 0 Å². The van der Waals surface area contributed by atoms with E-state index in [0.717, 1.165) is 108 Å². The average molecular weight is 641 g/mol. The Bertz CT molecular complexity index is 1540. The highest BCUT2D eigenvalue weighted by Gasteiger charge is 2.33. The van der Waals surface area contributed by atoms with Crippen LogP contribution in [-0.4, -0.2) is 28.5 Å². The molecule has 14 heteroatoms. The normalized spacial score (nSPS) is 15.9. The highest BCUT2D eigenvalue weighted by molar-refractivity contribution is 5.51. The summed E-state index contributed by atoms with van der Waals surface area (Å²) in [7, 11) is 0. The van der Waals surface area contributed by atoms with Gasteiger partial charge >= 0.3 is 45.6 Å². The molecule has 0 amide bonds. The van der Waals surface area contributed by atoms with Gasteiger partial charge in [0.15, 0.2) is 9.95 Å². The molecule has 2 aliphatic carbocycles. The molecule has 0 spiro atoms. The molecule has 2 aromatic heterocycles. The van der Waals surface area contributed by atoms with Crippen molar-refractivity contribution < 1.29 is 10.2 Å². The fraction of sp³-hybridized carbons (Fsp3) is 0.750. The van der Waals surface area contributed by atoms with E-state index in [1.54, 1.807) is 0 Å². The first-order chi connectivity index (χ1) is 22.3. The number of aromatic nitrogens is 4. The van der Waals surface area contributed by atoms with E-state index in [1.165, 1.54) is 0 Å². The fourth-order valence-electron chi connectivity index (χ4n) is 7.14. The Hall–Kier alpha value is -4.20. The Morgan fingerprint density at radius 1 is 0.522 bits per heavy atom. The van der Waals surface area contributed by atoms with Crippen LogP contribution < -0.4 is 22.5 Å². The van der Waals surface area contributed by atoms with E-state index < -0.39 is 45.6 Å². The van der Waals surface area contributed by atoms with Crippen LogP contribution in [0, 0.1) is 10.8 Å². The molecule has 0 aromatic carbocycles. The molecule has 2 aliphatic rings. The lowest BCUT2D eigenvalue weighted by Gasteiger charge is -2.23. The van der Waals surface area contributed by atoms with Gasteiger partial charge in [-0.2, -0.15) is 0 Å². The zero-order valence-corrected chi connectivity index (χ0v) is 26.8. The lowest BCUT2D eigenvalue weighted by atomic mass is 9.95. The molecule has 2 fully saturated rings. The van der Waals surface area contributed by atoms with Crippen LogP contribution in [0.15, 0.2) is 19.2 Å². The topological polar surface area (TPSA) is 185 Å². The van der Waals surface area contributed by atoms with Crippen molar-refractivity contribution in [3.05, 3.63) is 51.6 Å². The molecule has 0 atom stereocenters. The summed E-state index contributed by atoms with van der Waals surface area (Å²) in [4.78, 5) is 57.7. The van der Waals surface area contributed by atoms with Gasteiger partial charge in [-0.15, -0.1) is 0 Å². The fourth-order valence-corrected chi connectivity index (χ4v) is 7.14. The van der Waals surface area contributed by atoms with Gasteiger partial charge in [0, 0.05) is 25.2 Å². The molecule has 2 saturated carbocycles. The Balaban J connectivity index is 1.17. The van der Waals surface area contributed by atoms with Crippen LogP contribution in [0.5, 0.6) is 11.8 Å². The van der Waals surface area contributed by atoms with Gasteiger partial charge in [-0.3, -0.25) is 18.7 Å². The van der Waals surface area contributed by atoms with Gasteiger partial charge in [0.2, 0.25) is 10.8 Å². The third kappa shape index (κ3) is 7.95. The molecule has 2 heterocycles. The summed E-state index contributed by atoms with van der Waals surface area (Å²) in [6, 6.07) is -0.482. The molecule has 0 radical (unpaired) electrons. The van der Waals surface area contributed by atoms with E-state index in [2.05, 4.69) is 9.95 Å². The third-order valence-electron chi connectivity index (χ3n) is 9.74. The van der Waals surface area contributed by atoms with Crippen LogP contribution in [0.2, 0.25) is 0 Å². The van der Waals surface area contributed by atoms with Crippen molar-refractivity contribution in [1.29, 1.82) is 10.8 Å². The van der Waals surface area contributed by atoms with Crippen molar-refractivity contribution >= 4 is 11.4 Å². The molecule has 250 valence electrons. The Labute approximate surface area is 267 Å². The summed E-state index contributed by atoms with van der Waals surface area (Å²) in [6.07, 6.45) is 17.8. The van der Waals surface area contributed by atoms with E-state index in [9.17, 15) is 40.2 Å². The molecule has 0 saturated heterocycles. The monoisotopic (exact) mass is 640 g/mol. The van der Waals surface area contributed by atoms with Crippen molar-refractivity contribution in [2.75, 3.05) is 0 Å². The summed E-state index contributed by atoms with van der Waals surface area (Å²) in [5.41, 5.74) is -3.54. The summed E-state index contributed by atoms with van der Waals surface area (Å²) >= 11 is 0. The van der Waals surface area contributed by atoms with E-state index in [4.69, 9.17) is 0 Å². The minimum absolute atomic E-state index is 0.241. The van der Waals surface area contributed by atoms with Crippen molar-refractivity contribution in [1.82, 2.24) is 18.3 Å². The van der Waals surface area contributed by atoms with Crippen molar-refractivity contribution in [3.8, 4) is 11.8 Å². The quantitative estimate of drug-likeness (QED) is 0.167. The number of unbranched alkanes of at least 4 members (excludes halogenated alkanes) is 9. The molecular formula is C32H48N8O6+2. The van der Waals surface area contributed by atoms with Crippen LogP contribution in [-0.2, 0) is 13.1 Å². The molecule has 46 heavy (non-hydrogen) atoms. The zero-order chi connectivity index (χ0) is 33.1. The minimum Gasteiger partial charge on any atom is -0.488 e.